The smallest absolute Gasteiger partial charge is 0.294 e. The molecular weight excluding hydrogens is 434 g/mol. The molecule has 174 valence electrons. The topological polar surface area (TPSA) is 120 Å². The fourth-order valence-corrected chi connectivity index (χ4v) is 4.69. The van der Waals surface area contributed by atoms with Gasteiger partial charge in [-0.05, 0) is 32.0 Å². The van der Waals surface area contributed by atoms with Crippen LogP contribution in [0.2, 0.25) is 0 Å². The number of nitrogens with zero attached hydrogens (tertiary/aromatic N) is 5. The highest BCUT2D eigenvalue weighted by Crippen LogP contribution is 2.30. The lowest BCUT2D eigenvalue weighted by Gasteiger charge is -2.44. The van der Waals surface area contributed by atoms with E-state index in [0.717, 1.165) is 22.5 Å². The number of amides is 2. The molecule has 1 aliphatic heterocycles. The number of aromatic amines is 1. The summed E-state index contributed by atoms with van der Waals surface area (Å²) in [5.74, 6) is 0.677. The summed E-state index contributed by atoms with van der Waals surface area (Å²) in [5, 5.41) is 7.18. The minimum Gasteiger partial charge on any atom is -0.352 e. The van der Waals surface area contributed by atoms with Gasteiger partial charge in [0.05, 0.1) is 23.8 Å². The Morgan fingerprint density at radius 1 is 1.18 bits per heavy atom. The van der Waals surface area contributed by atoms with E-state index in [1.54, 1.807) is 13.1 Å². The zero-order valence-corrected chi connectivity index (χ0v) is 19.1. The average Bonchev–Trinajstić information content (AvgIpc) is 3.48. The lowest BCUT2D eigenvalue weighted by Crippen LogP contribution is -2.58. The molecule has 2 N–H and O–H groups in total. The van der Waals surface area contributed by atoms with Gasteiger partial charge in [0.1, 0.15) is 11.5 Å². The third kappa shape index (κ3) is 3.98. The van der Waals surface area contributed by atoms with Crippen LogP contribution in [0.1, 0.15) is 31.3 Å². The highest BCUT2D eigenvalue weighted by molar-refractivity contribution is 6.03. The molecule has 2 atom stereocenters. The number of rotatable bonds is 4. The molecule has 34 heavy (non-hydrogen) atoms. The molecule has 0 aliphatic carbocycles. The number of carbonyl (C=O) groups excluding carboxylic acids is 2. The van der Waals surface area contributed by atoms with Crippen molar-refractivity contribution in [2.24, 2.45) is 0 Å². The minimum atomic E-state index is -0.399. The van der Waals surface area contributed by atoms with E-state index in [2.05, 4.69) is 39.2 Å². The number of hydrogen-bond acceptors (Lipinski definition) is 7. The zero-order valence-electron chi connectivity index (χ0n) is 19.1. The first-order chi connectivity index (χ1) is 16.4. The molecule has 0 radical (unpaired) electrons. The van der Waals surface area contributed by atoms with Crippen LogP contribution in [0.4, 0.5) is 11.5 Å². The maximum atomic E-state index is 12.3. The monoisotopic (exact) mass is 459 g/mol. The van der Waals surface area contributed by atoms with Crippen molar-refractivity contribution in [3.8, 4) is 11.3 Å². The number of aromatic nitrogens is 4. The van der Waals surface area contributed by atoms with Crippen LogP contribution in [0.3, 0.4) is 0 Å². The van der Waals surface area contributed by atoms with E-state index in [9.17, 15) is 9.59 Å². The average molecular weight is 460 g/mol. The van der Waals surface area contributed by atoms with Gasteiger partial charge in [-0.25, -0.2) is 9.97 Å². The molecule has 10 heteroatoms. The molecule has 4 aromatic heterocycles. The summed E-state index contributed by atoms with van der Waals surface area (Å²) in [7, 11) is 0. The van der Waals surface area contributed by atoms with Gasteiger partial charge >= 0.3 is 0 Å². The molecule has 10 nitrogen and oxygen atoms in total. The molecule has 0 unspecified atom stereocenters. The fourth-order valence-electron chi connectivity index (χ4n) is 4.69. The maximum Gasteiger partial charge on any atom is 0.294 e. The zero-order chi connectivity index (χ0) is 23.8. The second-order valence-electron chi connectivity index (χ2n) is 8.56. The minimum absolute atomic E-state index is 0.0962. The third-order valence-corrected chi connectivity index (χ3v) is 6.07. The number of pyridine rings is 2. The Hall–Kier alpha value is -4.21. The molecule has 0 spiro atoms. The molecule has 0 saturated carbocycles. The maximum absolute atomic E-state index is 12.3. The lowest BCUT2D eigenvalue weighted by molar-refractivity contribution is -0.133. The van der Waals surface area contributed by atoms with Gasteiger partial charge in [0.15, 0.2) is 0 Å². The van der Waals surface area contributed by atoms with Crippen molar-refractivity contribution in [1.29, 1.82) is 0 Å². The van der Waals surface area contributed by atoms with Crippen molar-refractivity contribution < 1.29 is 14.1 Å². The van der Waals surface area contributed by atoms with Gasteiger partial charge in [0.25, 0.3) is 5.91 Å². The molecule has 0 bridgehead atoms. The van der Waals surface area contributed by atoms with E-state index < -0.39 is 5.91 Å². The van der Waals surface area contributed by atoms with Gasteiger partial charge < -0.3 is 24.6 Å². The molecule has 0 aromatic carbocycles. The van der Waals surface area contributed by atoms with E-state index in [-0.39, 0.29) is 23.8 Å². The van der Waals surface area contributed by atoms with Gasteiger partial charge in [-0.15, -0.1) is 0 Å². The first kappa shape index (κ1) is 21.6. The number of piperazine rings is 1. The van der Waals surface area contributed by atoms with Crippen molar-refractivity contribution in [3.63, 3.8) is 0 Å². The quantitative estimate of drug-likeness (QED) is 0.480. The van der Waals surface area contributed by atoms with E-state index >= 15 is 0 Å². The largest absolute Gasteiger partial charge is 0.352 e. The Kier molecular flexibility index (Phi) is 5.48. The van der Waals surface area contributed by atoms with Crippen molar-refractivity contribution in [2.45, 2.75) is 32.9 Å². The molecule has 5 rings (SSSR count). The predicted molar refractivity (Wildman–Crippen MR) is 127 cm³/mol. The van der Waals surface area contributed by atoms with E-state index in [0.29, 0.717) is 24.4 Å². The SMILES string of the molecule is CC(=O)N1[C@H](C)CN(c2cccc(-c3c[nH]c4ncc(NC(=O)c5ccno5)cc34)n2)C[C@@H]1C. The Bertz CT molecular complexity index is 1340. The van der Waals surface area contributed by atoms with Gasteiger partial charge in [-0.1, -0.05) is 11.2 Å². The summed E-state index contributed by atoms with van der Waals surface area (Å²) in [4.78, 5) is 41.0. The molecule has 5 heterocycles. The van der Waals surface area contributed by atoms with Crippen molar-refractivity contribution in [3.05, 3.63) is 54.7 Å². The van der Waals surface area contributed by atoms with Gasteiger partial charge in [0, 0.05) is 55.3 Å². The summed E-state index contributed by atoms with van der Waals surface area (Å²) in [5.41, 5.74) is 2.90. The lowest BCUT2D eigenvalue weighted by atomic mass is 10.1. The first-order valence-electron chi connectivity index (χ1n) is 11.1. The molecule has 1 fully saturated rings. The molecule has 2 amide bonds. The van der Waals surface area contributed by atoms with Crippen LogP contribution in [0.15, 0.2) is 53.4 Å². The second kappa shape index (κ2) is 8.62. The van der Waals surface area contributed by atoms with Crippen LogP contribution in [0, 0.1) is 0 Å². The van der Waals surface area contributed by atoms with Gasteiger partial charge in [-0.2, -0.15) is 0 Å². The Morgan fingerprint density at radius 3 is 2.68 bits per heavy atom. The highest BCUT2D eigenvalue weighted by atomic mass is 16.5. The van der Waals surface area contributed by atoms with Crippen LogP contribution in [-0.2, 0) is 4.79 Å². The predicted octanol–water partition coefficient (Wildman–Crippen LogP) is 3.31. The molecular formula is C24H25N7O3. The first-order valence-corrected chi connectivity index (χ1v) is 11.1. The van der Waals surface area contributed by atoms with Crippen molar-refractivity contribution in [2.75, 3.05) is 23.3 Å². The van der Waals surface area contributed by atoms with Crippen LogP contribution in [-0.4, -0.2) is 62.0 Å². The van der Waals surface area contributed by atoms with Crippen molar-refractivity contribution >= 4 is 34.4 Å². The van der Waals surface area contributed by atoms with E-state index in [1.165, 1.54) is 12.3 Å². The summed E-state index contributed by atoms with van der Waals surface area (Å²) < 4.78 is 4.91. The number of H-pyrrole nitrogens is 1. The van der Waals surface area contributed by atoms with Crippen LogP contribution >= 0.6 is 0 Å². The van der Waals surface area contributed by atoms with Crippen LogP contribution < -0.4 is 10.2 Å². The van der Waals surface area contributed by atoms with Crippen LogP contribution in [0.5, 0.6) is 0 Å². The van der Waals surface area contributed by atoms with E-state index in [4.69, 9.17) is 9.51 Å². The third-order valence-electron chi connectivity index (χ3n) is 6.07. The number of nitrogens with one attached hydrogen (secondary N) is 2. The summed E-state index contributed by atoms with van der Waals surface area (Å²) in [6.45, 7) is 7.18. The molecule has 1 aliphatic rings. The summed E-state index contributed by atoms with van der Waals surface area (Å²) in [6, 6.07) is 9.46. The number of fused-ring (bicyclic) bond motifs is 1. The van der Waals surface area contributed by atoms with Crippen molar-refractivity contribution in [1.82, 2.24) is 25.0 Å². The van der Waals surface area contributed by atoms with Gasteiger partial charge in [-0.3, -0.25) is 9.59 Å². The van der Waals surface area contributed by atoms with Crippen LogP contribution in [0.25, 0.3) is 22.3 Å². The molecule has 4 aromatic rings. The summed E-state index contributed by atoms with van der Waals surface area (Å²) in [6.07, 6.45) is 4.86. The fraction of sp³-hybridized carbons (Fsp3) is 0.292. The Labute approximate surface area is 196 Å². The normalized spacial score (nSPS) is 18.3. The summed E-state index contributed by atoms with van der Waals surface area (Å²) >= 11 is 0. The number of carbonyl (C=O) groups is 2. The van der Waals surface area contributed by atoms with E-state index in [1.807, 2.05) is 35.4 Å². The highest BCUT2D eigenvalue weighted by Gasteiger charge is 2.31. The standard InChI is InChI=1S/C24H25N7O3/c1-14-12-30(13-15(2)31(14)16(3)32)22-6-4-5-20(29-22)19-11-26-23-18(19)9-17(10-25-23)28-24(33)21-7-8-27-34-21/h4-11,14-15H,12-13H2,1-3H3,(H,25,26)(H,28,33)/t14-,15+. The number of hydrogen-bond donors (Lipinski definition) is 2. The molecule has 1 saturated heterocycles. The van der Waals surface area contributed by atoms with Gasteiger partial charge in [0.2, 0.25) is 11.7 Å². The number of anilines is 2. The Balaban J connectivity index is 1.42. The second-order valence-corrected chi connectivity index (χ2v) is 8.56. The Morgan fingerprint density at radius 2 is 1.97 bits per heavy atom.